The lowest BCUT2D eigenvalue weighted by Crippen LogP contribution is -2.55. The first kappa shape index (κ1) is 20.4. The number of fused-ring (bicyclic) bond motifs is 6. The normalized spacial score (nSPS) is 43.8. The second-order valence-corrected chi connectivity index (χ2v) is 13.2. The van der Waals surface area contributed by atoms with Crippen LogP contribution in [0.2, 0.25) is 0 Å². The molecule has 1 aromatic carbocycles. The number of carbonyl (C=O) groups excluding carboxylic acids is 1. The van der Waals surface area contributed by atoms with Gasteiger partial charge in [-0.2, -0.15) is 0 Å². The lowest BCUT2D eigenvalue weighted by Gasteiger charge is -2.56. The van der Waals surface area contributed by atoms with Crippen molar-refractivity contribution >= 4 is 28.6 Å². The van der Waals surface area contributed by atoms with Crippen LogP contribution in [0, 0.1) is 28.6 Å². The highest BCUT2D eigenvalue weighted by Crippen LogP contribution is 2.71. The van der Waals surface area contributed by atoms with Crippen molar-refractivity contribution in [3.63, 3.8) is 0 Å². The largest absolute Gasteiger partial charge is 0.615 e. The summed E-state index contributed by atoms with van der Waals surface area (Å²) in [5.41, 5.74) is 2.10. The van der Waals surface area contributed by atoms with Crippen LogP contribution in [0.4, 0.5) is 0 Å². The molecule has 31 heavy (non-hydrogen) atoms. The molecular weight excluding hydrogens is 428 g/mol. The Kier molecular flexibility index (Phi) is 4.37. The van der Waals surface area contributed by atoms with Crippen LogP contribution in [0.3, 0.4) is 0 Å². The Hall–Kier alpha value is -1.23. The topological polar surface area (TPSA) is 52.7 Å². The van der Waals surface area contributed by atoms with E-state index in [1.54, 1.807) is 0 Å². The highest BCUT2D eigenvalue weighted by atomic mass is 35.5. The van der Waals surface area contributed by atoms with Gasteiger partial charge >= 0.3 is 0 Å². The summed E-state index contributed by atoms with van der Waals surface area (Å²) in [6.45, 7) is 4.61. The third-order valence-electron chi connectivity index (χ3n) is 9.48. The first-order valence-electron chi connectivity index (χ1n) is 11.6. The third kappa shape index (κ3) is 2.62. The Morgan fingerprint density at radius 1 is 1.13 bits per heavy atom. The van der Waals surface area contributed by atoms with Crippen molar-refractivity contribution in [2.75, 3.05) is 0 Å². The Labute approximate surface area is 192 Å². The fraction of sp³-hybridized carbons (Fsp3) is 0.577. The Bertz CT molecular complexity index is 1020. The van der Waals surface area contributed by atoms with Gasteiger partial charge in [0.05, 0.1) is 5.41 Å². The number of hydrogen-bond acceptors (Lipinski definition) is 3. The molecule has 3 nitrogen and oxygen atoms in total. The van der Waals surface area contributed by atoms with Crippen molar-refractivity contribution in [2.24, 2.45) is 28.6 Å². The number of benzene rings is 1. The summed E-state index contributed by atoms with van der Waals surface area (Å²) >= 11 is 6.23. The van der Waals surface area contributed by atoms with Crippen molar-refractivity contribution in [1.82, 2.24) is 0 Å². The van der Waals surface area contributed by atoms with Gasteiger partial charge < -0.3 is 9.29 Å². The predicted octanol–water partition coefficient (Wildman–Crippen LogP) is 5.86. The van der Waals surface area contributed by atoms with E-state index in [1.807, 2.05) is 36.4 Å². The maximum absolute atomic E-state index is 13.6. The van der Waals surface area contributed by atoms with Gasteiger partial charge in [0, 0.05) is 17.4 Å². The van der Waals surface area contributed by atoms with E-state index in [0.29, 0.717) is 29.3 Å². The van der Waals surface area contributed by atoms with E-state index in [-0.39, 0.29) is 16.6 Å². The molecule has 7 atom stereocenters. The number of carbonyl (C=O) groups is 1. The Morgan fingerprint density at radius 2 is 1.87 bits per heavy atom. The Morgan fingerprint density at radius 3 is 2.65 bits per heavy atom. The van der Waals surface area contributed by atoms with Gasteiger partial charge in [-0.1, -0.05) is 54.4 Å². The van der Waals surface area contributed by atoms with Crippen LogP contribution in [-0.2, 0) is 26.5 Å². The highest BCUT2D eigenvalue weighted by Gasteiger charge is 2.70. The summed E-state index contributed by atoms with van der Waals surface area (Å²) in [6, 6.07) is 10.1. The van der Waals surface area contributed by atoms with Crippen molar-refractivity contribution in [3.05, 3.63) is 59.1 Å². The van der Waals surface area contributed by atoms with E-state index in [2.05, 4.69) is 13.8 Å². The van der Waals surface area contributed by atoms with Crippen LogP contribution in [0.1, 0.15) is 57.9 Å². The molecule has 0 amide bonds. The maximum Gasteiger partial charge on any atom is 0.224 e. The van der Waals surface area contributed by atoms with E-state index in [0.717, 1.165) is 49.8 Å². The zero-order valence-corrected chi connectivity index (χ0v) is 19.7. The molecule has 0 radical (unpaired) electrons. The summed E-state index contributed by atoms with van der Waals surface area (Å²) < 4.78 is 18.7. The van der Waals surface area contributed by atoms with Gasteiger partial charge in [0.1, 0.15) is 5.75 Å². The molecule has 1 heterocycles. The lowest BCUT2D eigenvalue weighted by atomic mass is 9.48. The molecule has 0 aromatic heterocycles. The summed E-state index contributed by atoms with van der Waals surface area (Å²) in [5.74, 6) is 3.62. The van der Waals surface area contributed by atoms with Gasteiger partial charge in [0.15, 0.2) is 5.76 Å². The Balaban J connectivity index is 1.30. The van der Waals surface area contributed by atoms with E-state index in [9.17, 15) is 9.35 Å². The van der Waals surface area contributed by atoms with E-state index < -0.39 is 15.4 Å². The minimum Gasteiger partial charge on any atom is -0.615 e. The number of alkyl halides is 1. The zero-order valence-electron chi connectivity index (χ0n) is 18.2. The smallest absolute Gasteiger partial charge is 0.224 e. The first-order chi connectivity index (χ1) is 14.8. The average Bonchev–Trinajstić information content (AvgIpc) is 3.52. The quantitative estimate of drug-likeness (QED) is 0.422. The summed E-state index contributed by atoms with van der Waals surface area (Å²) in [6.07, 6.45) is 7.81. The molecule has 164 valence electrons. The van der Waals surface area contributed by atoms with Gasteiger partial charge in [0.2, 0.25) is 15.7 Å². The predicted molar refractivity (Wildman–Crippen MR) is 122 cm³/mol. The molecule has 1 aliphatic heterocycles. The molecular formula is C26H29ClO3S. The molecule has 5 heteroatoms. The maximum atomic E-state index is 13.6. The molecule has 3 fully saturated rings. The van der Waals surface area contributed by atoms with Crippen molar-refractivity contribution in [2.45, 2.75) is 62.3 Å². The van der Waals surface area contributed by atoms with Crippen molar-refractivity contribution in [1.29, 1.82) is 0 Å². The number of ketones is 1. The monoisotopic (exact) mass is 456 g/mol. The molecule has 0 unspecified atom stereocenters. The fourth-order valence-corrected chi connectivity index (χ4v) is 10.1. The molecule has 0 N–H and O–H groups in total. The molecule has 3 saturated carbocycles. The molecule has 4 aliphatic carbocycles. The SMILES string of the molecule is C[C@@]12C(=CC(=O)C3=C1O3)CC[C@H]1[C@H]3CC[C@](Cl)([S@+]([O-])Cc4ccccc4)[C@@]3(C)CC[C@@H]12. The first-order valence-corrected chi connectivity index (χ1v) is 13.3. The highest BCUT2D eigenvalue weighted by molar-refractivity contribution is 7.93. The van der Waals surface area contributed by atoms with Crippen LogP contribution < -0.4 is 0 Å². The summed E-state index contributed by atoms with van der Waals surface area (Å²) in [5, 5.41) is 0. The van der Waals surface area contributed by atoms with E-state index in [4.69, 9.17) is 16.3 Å². The number of hydrogen-bond donors (Lipinski definition) is 0. The van der Waals surface area contributed by atoms with Gasteiger partial charge in [-0.25, -0.2) is 0 Å². The van der Waals surface area contributed by atoms with Gasteiger partial charge in [-0.3, -0.25) is 4.79 Å². The third-order valence-corrected chi connectivity index (χ3v) is 12.6. The standard InChI is InChI=1S/C26H29ClO3S/c1-24-12-10-20-18(9-8-17-14-21(28)22-23(30-22)25(17,20)2)19(24)11-13-26(24,27)31(29)15-16-6-4-3-5-7-16/h3-7,14,18-20H,8-13,15H2,1-2H3/t18-,19+,20-,24-,25-,26-,31+/m0/s1. The van der Waals surface area contributed by atoms with Crippen LogP contribution in [0.15, 0.2) is 53.5 Å². The van der Waals surface area contributed by atoms with Crippen molar-refractivity contribution in [3.8, 4) is 0 Å². The van der Waals surface area contributed by atoms with Gasteiger partial charge in [-0.05, 0) is 74.0 Å². The van der Waals surface area contributed by atoms with Crippen LogP contribution in [0.5, 0.6) is 0 Å². The number of halogens is 1. The minimum absolute atomic E-state index is 0.0542. The molecule has 1 aromatic rings. The molecule has 6 rings (SSSR count). The average molecular weight is 457 g/mol. The summed E-state index contributed by atoms with van der Waals surface area (Å²) in [4.78, 5) is 12.2. The number of ether oxygens (including phenoxy) is 1. The van der Waals surface area contributed by atoms with Gasteiger partial charge in [0.25, 0.3) is 0 Å². The molecule has 0 saturated heterocycles. The summed E-state index contributed by atoms with van der Waals surface area (Å²) in [7, 11) is 0. The number of allylic oxidation sites excluding steroid dienone is 2. The minimum atomic E-state index is -1.13. The lowest BCUT2D eigenvalue weighted by molar-refractivity contribution is -0.112. The van der Waals surface area contributed by atoms with Crippen LogP contribution in [-0.4, -0.2) is 14.5 Å². The van der Waals surface area contributed by atoms with Gasteiger partial charge in [-0.15, -0.1) is 0 Å². The van der Waals surface area contributed by atoms with E-state index in [1.165, 1.54) is 5.57 Å². The van der Waals surface area contributed by atoms with Crippen molar-refractivity contribution < 1.29 is 14.1 Å². The second-order valence-electron chi connectivity index (χ2n) is 10.6. The molecule has 0 spiro atoms. The fourth-order valence-electron chi connectivity index (χ4n) is 7.72. The molecule has 0 bridgehead atoms. The zero-order chi connectivity index (χ0) is 21.6. The second kappa shape index (κ2) is 6.65. The van der Waals surface area contributed by atoms with E-state index >= 15 is 0 Å². The molecule has 5 aliphatic rings. The number of rotatable bonds is 3. The van der Waals surface area contributed by atoms with Crippen LogP contribution >= 0.6 is 11.6 Å². The van der Waals surface area contributed by atoms with Crippen LogP contribution in [0.25, 0.3) is 0 Å².